The van der Waals surface area contributed by atoms with Crippen LogP contribution >= 0.6 is 21.6 Å². The van der Waals surface area contributed by atoms with Crippen LogP contribution in [0, 0.1) is 11.8 Å². The summed E-state index contributed by atoms with van der Waals surface area (Å²) in [6.07, 6.45) is 22.9. The summed E-state index contributed by atoms with van der Waals surface area (Å²) in [4.78, 5) is 0. The summed E-state index contributed by atoms with van der Waals surface area (Å²) in [6.45, 7) is 9.32. The van der Waals surface area contributed by atoms with Crippen LogP contribution in [0.15, 0.2) is 0 Å². The van der Waals surface area contributed by atoms with Gasteiger partial charge < -0.3 is 0 Å². The molecule has 0 aromatic heterocycles. The lowest BCUT2D eigenvalue weighted by atomic mass is 9.97. The van der Waals surface area contributed by atoms with Crippen molar-refractivity contribution < 1.29 is 0 Å². The Hall–Kier alpha value is 0.700. The van der Waals surface area contributed by atoms with E-state index in [9.17, 15) is 0 Å². The van der Waals surface area contributed by atoms with E-state index in [1.165, 1.54) is 114 Å². The van der Waals surface area contributed by atoms with E-state index in [1.54, 1.807) is 0 Å². The fraction of sp³-hybridized carbons (Fsp3) is 1.00. The lowest BCUT2D eigenvalue weighted by Crippen LogP contribution is -2.06. The molecule has 158 valence electrons. The highest BCUT2D eigenvalue weighted by atomic mass is 33.1. The molecule has 2 unspecified atom stereocenters. The first-order chi connectivity index (χ1) is 12.8. The van der Waals surface area contributed by atoms with Crippen molar-refractivity contribution in [2.24, 2.45) is 11.8 Å². The smallest absolute Gasteiger partial charge is 0.00653 e. The van der Waals surface area contributed by atoms with Crippen molar-refractivity contribution in [3.05, 3.63) is 0 Å². The number of unbranched alkanes of at least 4 members (excludes halogenated alkanes) is 8. The number of hydrogen-bond acceptors (Lipinski definition) is 2. The van der Waals surface area contributed by atoms with Gasteiger partial charge in [-0.1, -0.05) is 126 Å². The van der Waals surface area contributed by atoms with Crippen LogP contribution < -0.4 is 0 Å². The molecule has 0 fully saturated rings. The normalized spacial score (nSPS) is 13.8. The molecule has 0 aliphatic rings. The summed E-state index contributed by atoms with van der Waals surface area (Å²) in [6, 6.07) is 0. The zero-order valence-corrected chi connectivity index (χ0v) is 20.3. The second kappa shape index (κ2) is 22.0. The first kappa shape index (κ1) is 26.7. The van der Waals surface area contributed by atoms with Crippen LogP contribution in [0.1, 0.15) is 130 Å². The molecule has 0 saturated carbocycles. The lowest BCUT2D eigenvalue weighted by molar-refractivity contribution is 0.450. The van der Waals surface area contributed by atoms with Gasteiger partial charge in [-0.25, -0.2) is 0 Å². The molecule has 0 N–H and O–H groups in total. The molecule has 0 amide bonds. The molecule has 0 aromatic rings. The van der Waals surface area contributed by atoms with Crippen LogP contribution in [-0.2, 0) is 0 Å². The Balaban J connectivity index is 3.99. The highest BCUT2D eigenvalue weighted by molar-refractivity contribution is 8.76. The second-order valence-corrected chi connectivity index (χ2v) is 10.8. The molecule has 0 heterocycles. The molecule has 2 atom stereocenters. The Morgan fingerprint density at radius 1 is 0.423 bits per heavy atom. The van der Waals surface area contributed by atoms with Crippen molar-refractivity contribution >= 4 is 21.6 Å². The zero-order valence-electron chi connectivity index (χ0n) is 18.7. The van der Waals surface area contributed by atoms with Crippen molar-refractivity contribution in [1.29, 1.82) is 0 Å². The van der Waals surface area contributed by atoms with Crippen LogP contribution in [0.5, 0.6) is 0 Å². The molecule has 0 aliphatic heterocycles. The summed E-state index contributed by atoms with van der Waals surface area (Å²) in [5.41, 5.74) is 0. The SMILES string of the molecule is CCCCCCC(CCCC)CSSCC(CCCC)CCCCCC. The van der Waals surface area contributed by atoms with E-state index in [4.69, 9.17) is 0 Å². The van der Waals surface area contributed by atoms with Crippen molar-refractivity contribution in [3.8, 4) is 0 Å². The molecule has 0 radical (unpaired) electrons. The minimum absolute atomic E-state index is 0.975. The topological polar surface area (TPSA) is 0 Å². The average molecular weight is 403 g/mol. The zero-order chi connectivity index (χ0) is 19.3. The largest absolute Gasteiger partial charge is 0.0939 e. The molecule has 0 aromatic carbocycles. The number of hydrogen-bond donors (Lipinski definition) is 0. The summed E-state index contributed by atoms with van der Waals surface area (Å²) < 4.78 is 0. The van der Waals surface area contributed by atoms with E-state index in [1.807, 2.05) is 0 Å². The third-order valence-corrected chi connectivity index (χ3v) is 8.25. The van der Waals surface area contributed by atoms with Gasteiger partial charge in [0.15, 0.2) is 0 Å². The van der Waals surface area contributed by atoms with Gasteiger partial charge in [0.05, 0.1) is 0 Å². The summed E-state index contributed by atoms with van der Waals surface area (Å²) in [5, 5.41) is 0. The van der Waals surface area contributed by atoms with Gasteiger partial charge >= 0.3 is 0 Å². The maximum atomic E-state index is 2.34. The molecular formula is C24H50S2. The van der Waals surface area contributed by atoms with Crippen LogP contribution in [0.25, 0.3) is 0 Å². The lowest BCUT2D eigenvalue weighted by Gasteiger charge is -2.18. The Morgan fingerprint density at radius 3 is 1.12 bits per heavy atom. The minimum Gasteiger partial charge on any atom is -0.0939 e. The molecule has 0 aliphatic carbocycles. The van der Waals surface area contributed by atoms with Crippen molar-refractivity contribution in [2.75, 3.05) is 11.5 Å². The molecule has 0 saturated heterocycles. The number of rotatable bonds is 21. The van der Waals surface area contributed by atoms with Gasteiger partial charge in [0, 0.05) is 11.5 Å². The van der Waals surface area contributed by atoms with Crippen molar-refractivity contribution in [1.82, 2.24) is 0 Å². The van der Waals surface area contributed by atoms with Gasteiger partial charge in [0.1, 0.15) is 0 Å². The van der Waals surface area contributed by atoms with Gasteiger partial charge in [-0.05, 0) is 37.5 Å². The van der Waals surface area contributed by atoms with Crippen molar-refractivity contribution in [2.45, 2.75) is 130 Å². The van der Waals surface area contributed by atoms with Gasteiger partial charge in [0.2, 0.25) is 0 Å². The molecule has 0 rings (SSSR count). The predicted octanol–water partition coefficient (Wildman–Crippen LogP) is 9.92. The monoisotopic (exact) mass is 402 g/mol. The summed E-state index contributed by atoms with van der Waals surface area (Å²) in [7, 11) is 4.40. The van der Waals surface area contributed by atoms with Gasteiger partial charge in [0.25, 0.3) is 0 Å². The third kappa shape index (κ3) is 18.1. The van der Waals surface area contributed by atoms with E-state index in [-0.39, 0.29) is 0 Å². The van der Waals surface area contributed by atoms with Crippen LogP contribution in [0.4, 0.5) is 0 Å². The van der Waals surface area contributed by atoms with E-state index in [0.29, 0.717) is 0 Å². The fourth-order valence-corrected chi connectivity index (χ4v) is 6.59. The van der Waals surface area contributed by atoms with E-state index in [2.05, 4.69) is 49.3 Å². The Labute approximate surface area is 175 Å². The molecule has 0 nitrogen and oxygen atoms in total. The maximum absolute atomic E-state index is 2.34. The fourth-order valence-electron chi connectivity index (χ4n) is 3.62. The van der Waals surface area contributed by atoms with E-state index < -0.39 is 0 Å². The highest BCUT2D eigenvalue weighted by Gasteiger charge is 2.12. The summed E-state index contributed by atoms with van der Waals surface area (Å²) >= 11 is 0. The molecule has 0 spiro atoms. The first-order valence-corrected chi connectivity index (χ1v) is 14.5. The Bertz CT molecular complexity index is 229. The molecule has 26 heavy (non-hydrogen) atoms. The molecule has 2 heteroatoms. The van der Waals surface area contributed by atoms with Crippen molar-refractivity contribution in [3.63, 3.8) is 0 Å². The minimum atomic E-state index is 0.975. The first-order valence-electron chi connectivity index (χ1n) is 12.0. The van der Waals surface area contributed by atoms with Gasteiger partial charge in [-0.2, -0.15) is 0 Å². The highest BCUT2D eigenvalue weighted by Crippen LogP contribution is 2.32. The maximum Gasteiger partial charge on any atom is 0.00653 e. The standard InChI is InChI=1S/C24H50S2/c1-5-9-13-15-19-23(17-11-7-3)21-25-26-22-24(18-12-8-4)20-16-14-10-6-2/h23-24H,5-22H2,1-4H3. The van der Waals surface area contributed by atoms with Crippen LogP contribution in [0.2, 0.25) is 0 Å². The second-order valence-electron chi connectivity index (χ2n) is 8.28. The third-order valence-electron chi connectivity index (χ3n) is 5.55. The quantitative estimate of drug-likeness (QED) is 0.138. The Kier molecular flexibility index (Phi) is 22.6. The van der Waals surface area contributed by atoms with Crippen LogP contribution in [-0.4, -0.2) is 11.5 Å². The van der Waals surface area contributed by atoms with E-state index >= 15 is 0 Å². The van der Waals surface area contributed by atoms with Gasteiger partial charge in [-0.3, -0.25) is 0 Å². The average Bonchev–Trinajstić information content (AvgIpc) is 2.66. The van der Waals surface area contributed by atoms with Gasteiger partial charge in [-0.15, -0.1) is 0 Å². The van der Waals surface area contributed by atoms with E-state index in [0.717, 1.165) is 11.8 Å². The molecule has 0 bridgehead atoms. The Morgan fingerprint density at radius 2 is 0.769 bits per heavy atom. The van der Waals surface area contributed by atoms with Crippen LogP contribution in [0.3, 0.4) is 0 Å². The molecular weight excluding hydrogens is 352 g/mol. The predicted molar refractivity (Wildman–Crippen MR) is 128 cm³/mol. The summed E-state index contributed by atoms with van der Waals surface area (Å²) in [5.74, 6) is 4.74.